The van der Waals surface area contributed by atoms with Crippen molar-refractivity contribution >= 4 is 105 Å². The van der Waals surface area contributed by atoms with Crippen molar-refractivity contribution in [1.82, 2.24) is 4.57 Å². The van der Waals surface area contributed by atoms with Gasteiger partial charge in [0.15, 0.2) is 7.28 Å². The molecule has 1 aliphatic carbocycles. The monoisotopic (exact) mass is 782 g/mol. The molecule has 0 spiro atoms. The van der Waals surface area contributed by atoms with E-state index in [2.05, 4.69) is 180 Å². The van der Waals surface area contributed by atoms with Crippen molar-refractivity contribution < 1.29 is 4.42 Å². The van der Waals surface area contributed by atoms with Gasteiger partial charge in [-0.05, 0) is 105 Å². The minimum Gasteiger partial charge on any atom is -0.456 e. The predicted octanol–water partition coefficient (Wildman–Crippen LogP) is 13.8. The maximum atomic E-state index is 6.57. The largest absolute Gasteiger partial charge is 0.456 e. The summed E-state index contributed by atoms with van der Waals surface area (Å²) >= 11 is 1.90. The SMILES string of the molecule is CC(C)(C)c1ccc(Nc2cc3c(cc2-c2ccc4c5cc6sc7ccccc7c6cc5n5c4c2Bc2cc4c(cc2-5)oc2ccccc24)C(C)(C)CCC3(C)C)cc1. The van der Waals surface area contributed by atoms with Gasteiger partial charge in [0.2, 0.25) is 0 Å². The van der Waals surface area contributed by atoms with E-state index in [9.17, 15) is 0 Å². The zero-order chi connectivity index (χ0) is 40.2. The van der Waals surface area contributed by atoms with Gasteiger partial charge in [0.1, 0.15) is 11.2 Å². The molecule has 3 nitrogen and oxygen atoms in total. The van der Waals surface area contributed by atoms with E-state index in [4.69, 9.17) is 4.42 Å². The van der Waals surface area contributed by atoms with Gasteiger partial charge in [-0.25, -0.2) is 0 Å². The summed E-state index contributed by atoms with van der Waals surface area (Å²) in [4.78, 5) is 0. The number of thiophene rings is 1. The molecule has 0 saturated carbocycles. The third-order valence-corrected chi connectivity index (χ3v) is 15.2. The van der Waals surface area contributed by atoms with Crippen molar-refractivity contribution in [1.29, 1.82) is 0 Å². The third kappa shape index (κ3) is 5.13. The zero-order valence-electron chi connectivity index (χ0n) is 34.9. The molecular weight excluding hydrogens is 735 g/mol. The van der Waals surface area contributed by atoms with Crippen LogP contribution in [0, 0.1) is 0 Å². The molecule has 288 valence electrons. The highest BCUT2D eigenvalue weighted by atomic mass is 32.1. The molecule has 0 fully saturated rings. The van der Waals surface area contributed by atoms with E-state index < -0.39 is 0 Å². The van der Waals surface area contributed by atoms with Gasteiger partial charge in [-0.1, -0.05) is 121 Å². The van der Waals surface area contributed by atoms with E-state index in [1.165, 1.54) is 116 Å². The van der Waals surface area contributed by atoms with Gasteiger partial charge in [0, 0.05) is 75.9 Å². The van der Waals surface area contributed by atoms with Crippen LogP contribution in [0.3, 0.4) is 0 Å². The lowest BCUT2D eigenvalue weighted by Gasteiger charge is -2.42. The van der Waals surface area contributed by atoms with E-state index in [-0.39, 0.29) is 16.2 Å². The highest BCUT2D eigenvalue weighted by Gasteiger charge is 2.38. The van der Waals surface area contributed by atoms with Crippen LogP contribution in [0.25, 0.3) is 80.7 Å². The van der Waals surface area contributed by atoms with Crippen LogP contribution in [-0.4, -0.2) is 11.8 Å². The molecule has 5 heteroatoms. The fraction of sp³-hybridized carbons (Fsp3) is 0.222. The molecule has 7 aromatic carbocycles. The highest BCUT2D eigenvalue weighted by molar-refractivity contribution is 7.25. The summed E-state index contributed by atoms with van der Waals surface area (Å²) in [5, 5.41) is 11.6. The Kier molecular flexibility index (Phi) is 7.11. The summed E-state index contributed by atoms with van der Waals surface area (Å²) in [5.41, 5.74) is 17.7. The Bertz CT molecular complexity index is 3420. The molecule has 2 aliphatic rings. The summed E-state index contributed by atoms with van der Waals surface area (Å²) in [7, 11) is 0.830. The Morgan fingerprint density at radius 1 is 0.627 bits per heavy atom. The van der Waals surface area contributed by atoms with Gasteiger partial charge in [0.05, 0.1) is 5.52 Å². The van der Waals surface area contributed by atoms with Crippen molar-refractivity contribution in [2.24, 2.45) is 0 Å². The first kappa shape index (κ1) is 35.2. The maximum Gasteiger partial charge on any atom is 0.198 e. The number of para-hydroxylation sites is 1. The van der Waals surface area contributed by atoms with Crippen LogP contribution in [0.2, 0.25) is 0 Å². The number of furan rings is 1. The quantitative estimate of drug-likeness (QED) is 0.181. The summed E-state index contributed by atoms with van der Waals surface area (Å²) in [6, 6.07) is 46.0. The molecule has 0 saturated heterocycles. The Hall–Kier alpha value is -5.78. The summed E-state index contributed by atoms with van der Waals surface area (Å²) in [6.07, 6.45) is 2.34. The van der Waals surface area contributed by atoms with E-state index in [0.29, 0.717) is 0 Å². The normalized spacial score (nSPS) is 15.6. The molecule has 59 heavy (non-hydrogen) atoms. The van der Waals surface area contributed by atoms with Crippen molar-refractivity contribution in [3.8, 4) is 16.8 Å². The lowest BCUT2D eigenvalue weighted by molar-refractivity contribution is 0.332. The number of hydrogen-bond donors (Lipinski definition) is 1. The molecule has 12 rings (SSSR count). The Balaban J connectivity index is 1.16. The van der Waals surface area contributed by atoms with E-state index in [0.717, 1.165) is 24.1 Å². The molecule has 0 amide bonds. The first-order valence-electron chi connectivity index (χ1n) is 21.3. The summed E-state index contributed by atoms with van der Waals surface area (Å²) in [6.45, 7) is 16.6. The summed E-state index contributed by atoms with van der Waals surface area (Å²) < 4.78 is 11.8. The molecule has 0 unspecified atom stereocenters. The number of rotatable bonds is 3. The van der Waals surface area contributed by atoms with Crippen LogP contribution < -0.4 is 16.2 Å². The van der Waals surface area contributed by atoms with Crippen LogP contribution in [0.4, 0.5) is 11.4 Å². The standard InChI is InChI=1S/C54H47BN2OS/c1-52(2,3)30-16-18-31(19-17-30)56-43-28-41-40(53(4,5)22-23-54(41,6)7)24-36(43)34-20-21-35-37-27-49-39(33-13-9-11-15-48(33)59-49)26-44(37)57-45-29-47-38(25-42(45)55-50(34)51(35)57)32-12-8-10-14-46(32)58-47/h8-21,24-29,55-56H,22-23H2,1-7H3. The fourth-order valence-corrected chi connectivity index (χ4v) is 11.7. The smallest absolute Gasteiger partial charge is 0.198 e. The second kappa shape index (κ2) is 11.9. The molecule has 10 aromatic rings. The van der Waals surface area contributed by atoms with E-state index in [1.54, 1.807) is 0 Å². The molecule has 4 heterocycles. The highest BCUT2D eigenvalue weighted by Crippen LogP contribution is 2.50. The lowest BCUT2D eigenvalue weighted by atomic mass is 9.58. The maximum absolute atomic E-state index is 6.57. The number of fused-ring (bicyclic) bond motifs is 12. The first-order valence-corrected chi connectivity index (χ1v) is 22.1. The molecule has 3 aromatic heterocycles. The number of anilines is 2. The van der Waals surface area contributed by atoms with Crippen molar-refractivity contribution in [3.05, 3.63) is 138 Å². The van der Waals surface area contributed by atoms with Gasteiger partial charge in [-0.2, -0.15) is 0 Å². The molecular formula is C54H47BN2OS. The first-order chi connectivity index (χ1) is 28.3. The molecule has 0 bridgehead atoms. The van der Waals surface area contributed by atoms with Crippen LogP contribution >= 0.6 is 11.3 Å². The molecule has 0 atom stereocenters. The van der Waals surface area contributed by atoms with Crippen LogP contribution in [0.5, 0.6) is 0 Å². The van der Waals surface area contributed by atoms with Crippen LogP contribution in [-0.2, 0) is 16.2 Å². The van der Waals surface area contributed by atoms with Gasteiger partial charge < -0.3 is 14.3 Å². The number of aromatic nitrogens is 1. The fourth-order valence-electron chi connectivity index (χ4n) is 10.6. The number of nitrogens with one attached hydrogen (secondary N) is 1. The molecule has 1 N–H and O–H groups in total. The second-order valence-electron chi connectivity index (χ2n) is 19.7. The zero-order valence-corrected chi connectivity index (χ0v) is 35.7. The average Bonchev–Trinajstić information content (AvgIpc) is 3.87. The minimum absolute atomic E-state index is 0.0672. The number of nitrogens with zero attached hydrogens (tertiary/aromatic N) is 1. The van der Waals surface area contributed by atoms with Crippen LogP contribution in [0.15, 0.2) is 126 Å². The Labute approximate surface area is 349 Å². The molecule has 1 aliphatic heterocycles. The lowest BCUT2D eigenvalue weighted by Crippen LogP contribution is -2.37. The average molecular weight is 783 g/mol. The van der Waals surface area contributed by atoms with E-state index >= 15 is 0 Å². The van der Waals surface area contributed by atoms with Crippen LogP contribution in [0.1, 0.15) is 78.0 Å². The van der Waals surface area contributed by atoms with E-state index in [1.807, 2.05) is 11.3 Å². The third-order valence-electron chi connectivity index (χ3n) is 14.0. The van der Waals surface area contributed by atoms with Crippen molar-refractivity contribution in [2.75, 3.05) is 5.32 Å². The number of hydrogen-bond acceptors (Lipinski definition) is 3. The number of benzene rings is 7. The van der Waals surface area contributed by atoms with Gasteiger partial charge in [0.25, 0.3) is 0 Å². The van der Waals surface area contributed by atoms with Crippen molar-refractivity contribution in [3.63, 3.8) is 0 Å². The Morgan fingerprint density at radius 3 is 2.14 bits per heavy atom. The summed E-state index contributed by atoms with van der Waals surface area (Å²) in [5.74, 6) is 0. The van der Waals surface area contributed by atoms with Gasteiger partial charge in [-0.15, -0.1) is 11.3 Å². The topological polar surface area (TPSA) is 30.1 Å². The minimum atomic E-state index is 0.0672. The van der Waals surface area contributed by atoms with Gasteiger partial charge in [-0.3, -0.25) is 0 Å². The molecule has 0 radical (unpaired) electrons. The Morgan fingerprint density at radius 2 is 1.36 bits per heavy atom. The van der Waals surface area contributed by atoms with Crippen molar-refractivity contribution in [2.45, 2.75) is 77.6 Å². The predicted molar refractivity (Wildman–Crippen MR) is 257 cm³/mol. The second-order valence-corrected chi connectivity index (χ2v) is 20.8. The van der Waals surface area contributed by atoms with Gasteiger partial charge >= 0.3 is 0 Å².